The lowest BCUT2D eigenvalue weighted by atomic mass is 10.5. The number of hydrogen-bond acceptors (Lipinski definition) is 9. The first kappa shape index (κ1) is 12.2. The largest absolute Gasteiger partial charge is 0.378 e. The van der Waals surface area contributed by atoms with E-state index < -0.39 is 4.92 Å². The number of nitrogens with one attached hydrogen (secondary N) is 1. The third-order valence-corrected chi connectivity index (χ3v) is 3.38. The Balaban J connectivity index is 2.10. The fourth-order valence-corrected chi connectivity index (χ4v) is 2.44. The molecule has 3 rings (SSSR count). The fraction of sp³-hybridized carbons (Fsp3) is 0. The molecule has 0 aliphatic rings. The smallest absolute Gasteiger partial charge is 0.343 e. The highest BCUT2D eigenvalue weighted by Gasteiger charge is 2.23. The number of H-pyrrole nitrogens is 1. The Morgan fingerprint density at radius 3 is 2.70 bits per heavy atom. The number of aromatic nitrogens is 6. The molecule has 3 heterocycles. The van der Waals surface area contributed by atoms with E-state index in [1.165, 1.54) is 12.7 Å². The SMILES string of the molecule is Nc1ncnc(Sc2ncnc3nc[nH]c23)c1[N+](=O)[O-]. The van der Waals surface area contributed by atoms with Crippen molar-refractivity contribution in [3.63, 3.8) is 0 Å². The summed E-state index contributed by atoms with van der Waals surface area (Å²) in [5.41, 5.74) is 6.20. The minimum Gasteiger partial charge on any atom is -0.378 e. The van der Waals surface area contributed by atoms with Crippen molar-refractivity contribution in [1.82, 2.24) is 29.9 Å². The van der Waals surface area contributed by atoms with Gasteiger partial charge in [-0.2, -0.15) is 0 Å². The van der Waals surface area contributed by atoms with Gasteiger partial charge in [-0.15, -0.1) is 0 Å². The first-order chi connectivity index (χ1) is 9.66. The van der Waals surface area contributed by atoms with Gasteiger partial charge in [0, 0.05) is 0 Å². The molecular weight excluding hydrogens is 284 g/mol. The number of anilines is 1. The molecule has 3 aromatic rings. The van der Waals surface area contributed by atoms with E-state index in [2.05, 4.69) is 29.9 Å². The van der Waals surface area contributed by atoms with Gasteiger partial charge in [-0.05, 0) is 11.8 Å². The van der Waals surface area contributed by atoms with Crippen LogP contribution in [0.3, 0.4) is 0 Å². The molecule has 11 heteroatoms. The van der Waals surface area contributed by atoms with Gasteiger partial charge in [-0.3, -0.25) is 10.1 Å². The minimum absolute atomic E-state index is 0.108. The number of nitrogens with two attached hydrogens (primary N) is 1. The Bertz CT molecular complexity index is 803. The predicted molar refractivity (Wildman–Crippen MR) is 68.9 cm³/mol. The summed E-state index contributed by atoms with van der Waals surface area (Å²) in [5, 5.41) is 11.6. The summed E-state index contributed by atoms with van der Waals surface area (Å²) in [6, 6.07) is 0. The van der Waals surface area contributed by atoms with E-state index in [1.54, 1.807) is 0 Å². The van der Waals surface area contributed by atoms with Gasteiger partial charge in [-0.25, -0.2) is 24.9 Å². The molecule has 0 unspecified atom stereocenters. The van der Waals surface area contributed by atoms with Crippen LogP contribution in [0.5, 0.6) is 0 Å². The Morgan fingerprint density at radius 2 is 1.90 bits per heavy atom. The zero-order valence-electron chi connectivity index (χ0n) is 9.72. The Kier molecular flexibility index (Phi) is 2.87. The third-order valence-electron chi connectivity index (χ3n) is 2.38. The predicted octanol–water partition coefficient (Wildman–Crippen LogP) is 0.784. The number of fused-ring (bicyclic) bond motifs is 1. The van der Waals surface area contributed by atoms with Crippen molar-refractivity contribution in [2.75, 3.05) is 5.73 Å². The van der Waals surface area contributed by atoms with Crippen molar-refractivity contribution in [2.24, 2.45) is 0 Å². The summed E-state index contributed by atoms with van der Waals surface area (Å²) in [6.45, 7) is 0. The Morgan fingerprint density at radius 1 is 1.15 bits per heavy atom. The standard InChI is InChI=1S/C9H6N8O2S/c10-6-5(17(18)19)9(16-2-12-6)20-8-4-7(13-1-11-4)14-3-15-8/h1-3H,(H2,10,12,16)(H,11,13,14,15). The highest BCUT2D eigenvalue weighted by atomic mass is 32.2. The van der Waals surface area contributed by atoms with E-state index in [4.69, 9.17) is 5.73 Å². The third kappa shape index (κ3) is 1.99. The first-order valence-electron chi connectivity index (χ1n) is 5.23. The summed E-state index contributed by atoms with van der Waals surface area (Å²) >= 11 is 0.996. The molecule has 0 radical (unpaired) electrons. The second kappa shape index (κ2) is 4.70. The summed E-state index contributed by atoms with van der Waals surface area (Å²) in [5.74, 6) is -0.192. The van der Waals surface area contributed by atoms with Crippen LogP contribution in [0, 0.1) is 10.1 Å². The lowest BCUT2D eigenvalue weighted by molar-refractivity contribution is -0.387. The van der Waals surface area contributed by atoms with Crippen LogP contribution in [-0.2, 0) is 0 Å². The van der Waals surface area contributed by atoms with Crippen LogP contribution < -0.4 is 5.73 Å². The van der Waals surface area contributed by atoms with Crippen molar-refractivity contribution >= 4 is 34.4 Å². The molecule has 3 aromatic heterocycles. The Labute approximate surface area is 115 Å². The molecule has 100 valence electrons. The highest BCUT2D eigenvalue weighted by Crippen LogP contribution is 2.36. The normalized spacial score (nSPS) is 10.8. The molecule has 10 nitrogen and oxygen atoms in total. The molecule has 0 aromatic carbocycles. The topological polar surface area (TPSA) is 149 Å². The number of aromatic amines is 1. The molecule has 0 saturated heterocycles. The molecule has 0 saturated carbocycles. The number of hydrogen-bond donors (Lipinski definition) is 2. The zero-order valence-corrected chi connectivity index (χ0v) is 10.5. The van der Waals surface area contributed by atoms with Gasteiger partial charge < -0.3 is 10.7 Å². The zero-order chi connectivity index (χ0) is 14.1. The maximum Gasteiger partial charge on any atom is 0.343 e. The summed E-state index contributed by atoms with van der Waals surface area (Å²) in [7, 11) is 0. The fourth-order valence-electron chi connectivity index (χ4n) is 1.53. The molecule has 3 N–H and O–H groups in total. The van der Waals surface area contributed by atoms with E-state index >= 15 is 0 Å². The Hall–Kier alpha value is -2.82. The van der Waals surface area contributed by atoms with Crippen molar-refractivity contribution in [3.05, 3.63) is 29.1 Å². The molecule has 0 bridgehead atoms. The molecule has 0 amide bonds. The summed E-state index contributed by atoms with van der Waals surface area (Å²) in [6.07, 6.45) is 3.95. The van der Waals surface area contributed by atoms with Crippen molar-refractivity contribution in [3.8, 4) is 0 Å². The van der Waals surface area contributed by atoms with Crippen LogP contribution in [0.1, 0.15) is 0 Å². The van der Waals surface area contributed by atoms with Crippen molar-refractivity contribution < 1.29 is 4.92 Å². The van der Waals surface area contributed by atoms with Gasteiger partial charge in [0.1, 0.15) is 23.2 Å². The average Bonchev–Trinajstić information content (AvgIpc) is 2.87. The first-order valence-corrected chi connectivity index (χ1v) is 6.05. The van der Waals surface area contributed by atoms with E-state index in [0.29, 0.717) is 16.2 Å². The van der Waals surface area contributed by atoms with Crippen LogP contribution in [-0.4, -0.2) is 34.8 Å². The van der Waals surface area contributed by atoms with Crippen LogP contribution in [0.4, 0.5) is 11.5 Å². The van der Waals surface area contributed by atoms with Gasteiger partial charge in [0.05, 0.1) is 11.3 Å². The lowest BCUT2D eigenvalue weighted by Crippen LogP contribution is -2.02. The van der Waals surface area contributed by atoms with Gasteiger partial charge in [0.2, 0.25) is 5.82 Å². The number of imidazole rings is 1. The van der Waals surface area contributed by atoms with E-state index in [-0.39, 0.29) is 16.5 Å². The van der Waals surface area contributed by atoms with Crippen molar-refractivity contribution in [2.45, 2.75) is 10.1 Å². The molecule has 20 heavy (non-hydrogen) atoms. The number of nitrogens with zero attached hydrogens (tertiary/aromatic N) is 6. The van der Waals surface area contributed by atoms with E-state index in [0.717, 1.165) is 18.1 Å². The number of nitrogen functional groups attached to an aromatic ring is 1. The van der Waals surface area contributed by atoms with Gasteiger partial charge in [0.15, 0.2) is 10.7 Å². The van der Waals surface area contributed by atoms with Gasteiger partial charge >= 0.3 is 5.69 Å². The van der Waals surface area contributed by atoms with Gasteiger partial charge in [0.25, 0.3) is 0 Å². The molecule has 0 spiro atoms. The quantitative estimate of drug-likeness (QED) is 0.405. The van der Waals surface area contributed by atoms with Crippen LogP contribution in [0.2, 0.25) is 0 Å². The summed E-state index contributed by atoms with van der Waals surface area (Å²) in [4.78, 5) is 32.8. The number of rotatable bonds is 3. The van der Waals surface area contributed by atoms with Gasteiger partial charge in [-0.1, -0.05) is 0 Å². The van der Waals surface area contributed by atoms with Crippen LogP contribution in [0.25, 0.3) is 11.2 Å². The highest BCUT2D eigenvalue weighted by molar-refractivity contribution is 7.99. The monoisotopic (exact) mass is 290 g/mol. The maximum absolute atomic E-state index is 11.0. The van der Waals surface area contributed by atoms with Crippen molar-refractivity contribution in [1.29, 1.82) is 0 Å². The molecule has 0 aliphatic carbocycles. The maximum atomic E-state index is 11.0. The number of nitro groups is 1. The van der Waals surface area contributed by atoms with E-state index in [9.17, 15) is 10.1 Å². The lowest BCUT2D eigenvalue weighted by Gasteiger charge is -2.02. The summed E-state index contributed by atoms with van der Waals surface area (Å²) < 4.78 is 0. The second-order valence-corrected chi connectivity index (χ2v) is 4.53. The molecule has 0 atom stereocenters. The van der Waals surface area contributed by atoms with E-state index in [1.807, 2.05) is 0 Å². The second-order valence-electron chi connectivity index (χ2n) is 3.55. The van der Waals surface area contributed by atoms with Crippen LogP contribution in [0.15, 0.2) is 29.0 Å². The molecule has 0 aliphatic heterocycles. The minimum atomic E-state index is -0.622. The molecule has 0 fully saturated rings. The average molecular weight is 290 g/mol. The van der Waals surface area contributed by atoms with Crippen LogP contribution >= 0.6 is 11.8 Å². The molecular formula is C9H6N8O2S.